The molecule has 0 atom stereocenters. The van der Waals surface area contributed by atoms with Crippen molar-refractivity contribution in [2.75, 3.05) is 33.4 Å². The minimum atomic E-state index is -0.266. The highest BCUT2D eigenvalue weighted by atomic mass is 16.5. The number of rotatable bonds is 6. The van der Waals surface area contributed by atoms with Crippen LogP contribution in [0.1, 0.15) is 19.3 Å². The third-order valence-electron chi connectivity index (χ3n) is 4.73. The Labute approximate surface area is 145 Å². The molecule has 1 N–H and O–H groups in total. The van der Waals surface area contributed by atoms with Crippen LogP contribution < -0.4 is 15.2 Å². The lowest BCUT2D eigenvalue weighted by Gasteiger charge is -2.16. The van der Waals surface area contributed by atoms with Crippen molar-refractivity contribution in [2.45, 2.75) is 19.3 Å². The standard InChI is InChI=1S/C18H22N4O3/c1-24-16-11-13-14(20-18(23)22-15(13)5-6-19-22)12-17(16)25-10-4-9-21-7-2-3-8-21/h5-6,11-12H,2-4,7-10H2,1H3,(H,20,23). The molecule has 7 nitrogen and oxygen atoms in total. The van der Waals surface area contributed by atoms with E-state index in [1.54, 1.807) is 13.3 Å². The van der Waals surface area contributed by atoms with Gasteiger partial charge in [-0.3, -0.25) is 0 Å². The van der Waals surface area contributed by atoms with E-state index in [0.717, 1.165) is 23.9 Å². The molecule has 1 saturated heterocycles. The second-order valence-corrected chi connectivity index (χ2v) is 6.36. The summed E-state index contributed by atoms with van der Waals surface area (Å²) in [6.45, 7) is 4.07. The minimum Gasteiger partial charge on any atom is -0.493 e. The summed E-state index contributed by atoms with van der Waals surface area (Å²) in [6, 6.07) is 5.53. The number of nitrogens with one attached hydrogen (secondary N) is 1. The molecule has 1 aromatic carbocycles. The molecule has 0 unspecified atom stereocenters. The SMILES string of the molecule is COc1cc2c(cc1OCCCN1CCCC1)[nH]c(=O)n1nccc21. The number of aromatic amines is 1. The Hall–Kier alpha value is -2.54. The Bertz CT molecular complexity index is 941. The number of hydrogen-bond donors (Lipinski definition) is 1. The van der Waals surface area contributed by atoms with E-state index in [0.29, 0.717) is 23.6 Å². The number of methoxy groups -OCH3 is 1. The van der Waals surface area contributed by atoms with Crippen LogP contribution in [0.5, 0.6) is 11.5 Å². The fourth-order valence-electron chi connectivity index (χ4n) is 3.46. The molecule has 0 spiro atoms. The normalized spacial score (nSPS) is 15.2. The summed E-state index contributed by atoms with van der Waals surface area (Å²) in [5, 5.41) is 4.91. The maximum atomic E-state index is 12.1. The van der Waals surface area contributed by atoms with E-state index >= 15 is 0 Å². The average molecular weight is 342 g/mol. The predicted molar refractivity (Wildman–Crippen MR) is 95.7 cm³/mol. The van der Waals surface area contributed by atoms with Gasteiger partial charge in [0, 0.05) is 18.0 Å². The maximum absolute atomic E-state index is 12.1. The molecule has 1 fully saturated rings. The first-order valence-electron chi connectivity index (χ1n) is 8.69. The molecule has 3 aromatic rings. The first-order valence-corrected chi connectivity index (χ1v) is 8.69. The topological polar surface area (TPSA) is 71.9 Å². The van der Waals surface area contributed by atoms with Gasteiger partial charge in [-0.2, -0.15) is 9.61 Å². The number of ether oxygens (including phenoxy) is 2. The molecule has 1 aliphatic rings. The summed E-state index contributed by atoms with van der Waals surface area (Å²) >= 11 is 0. The van der Waals surface area contributed by atoms with Crippen molar-refractivity contribution in [2.24, 2.45) is 0 Å². The molecule has 0 bridgehead atoms. The highest BCUT2D eigenvalue weighted by molar-refractivity contribution is 5.95. The molecule has 1 aliphatic heterocycles. The summed E-state index contributed by atoms with van der Waals surface area (Å²) in [5.74, 6) is 1.31. The Morgan fingerprint density at radius 2 is 2.08 bits per heavy atom. The van der Waals surface area contributed by atoms with E-state index in [-0.39, 0.29) is 5.69 Å². The fraction of sp³-hybridized carbons (Fsp3) is 0.444. The predicted octanol–water partition coefficient (Wildman–Crippen LogP) is 2.05. The molecular formula is C18H22N4O3. The van der Waals surface area contributed by atoms with Gasteiger partial charge in [0.2, 0.25) is 0 Å². The van der Waals surface area contributed by atoms with Crippen LogP contribution in [-0.4, -0.2) is 52.8 Å². The summed E-state index contributed by atoms with van der Waals surface area (Å²) < 4.78 is 12.8. The van der Waals surface area contributed by atoms with E-state index in [9.17, 15) is 4.79 Å². The van der Waals surface area contributed by atoms with Gasteiger partial charge in [-0.05, 0) is 44.5 Å². The van der Waals surface area contributed by atoms with Gasteiger partial charge in [-0.15, -0.1) is 0 Å². The molecule has 25 heavy (non-hydrogen) atoms. The molecule has 0 saturated carbocycles. The maximum Gasteiger partial charge on any atom is 0.347 e. The number of aromatic nitrogens is 3. The highest BCUT2D eigenvalue weighted by Gasteiger charge is 2.13. The Morgan fingerprint density at radius 1 is 1.24 bits per heavy atom. The van der Waals surface area contributed by atoms with E-state index in [4.69, 9.17) is 9.47 Å². The number of fused-ring (bicyclic) bond motifs is 3. The average Bonchev–Trinajstić information content (AvgIpc) is 3.30. The third-order valence-corrected chi connectivity index (χ3v) is 4.73. The smallest absolute Gasteiger partial charge is 0.347 e. The lowest BCUT2D eigenvalue weighted by Crippen LogP contribution is -2.22. The van der Waals surface area contributed by atoms with Crippen molar-refractivity contribution in [1.82, 2.24) is 19.5 Å². The Morgan fingerprint density at radius 3 is 2.88 bits per heavy atom. The Balaban J connectivity index is 1.57. The van der Waals surface area contributed by atoms with Crippen molar-refractivity contribution in [3.63, 3.8) is 0 Å². The van der Waals surface area contributed by atoms with Gasteiger partial charge in [0.05, 0.1) is 30.9 Å². The van der Waals surface area contributed by atoms with Crippen molar-refractivity contribution < 1.29 is 9.47 Å². The van der Waals surface area contributed by atoms with Gasteiger partial charge >= 0.3 is 5.69 Å². The monoisotopic (exact) mass is 342 g/mol. The molecule has 0 aliphatic carbocycles. The number of hydrogen-bond acceptors (Lipinski definition) is 5. The van der Waals surface area contributed by atoms with Gasteiger partial charge in [0.15, 0.2) is 11.5 Å². The van der Waals surface area contributed by atoms with Crippen molar-refractivity contribution >= 4 is 16.4 Å². The van der Waals surface area contributed by atoms with Crippen LogP contribution in [0.4, 0.5) is 0 Å². The van der Waals surface area contributed by atoms with E-state index in [2.05, 4.69) is 15.0 Å². The van der Waals surface area contributed by atoms with Crippen LogP contribution in [0.15, 0.2) is 29.2 Å². The van der Waals surface area contributed by atoms with E-state index in [1.807, 2.05) is 18.2 Å². The molecule has 4 rings (SSSR count). The van der Waals surface area contributed by atoms with Gasteiger partial charge in [-0.25, -0.2) is 4.79 Å². The molecule has 132 valence electrons. The van der Waals surface area contributed by atoms with E-state index in [1.165, 1.54) is 30.4 Å². The summed E-state index contributed by atoms with van der Waals surface area (Å²) in [6.07, 6.45) is 5.18. The number of H-pyrrole nitrogens is 1. The number of likely N-dealkylation sites (tertiary alicyclic amines) is 1. The second kappa shape index (κ2) is 6.76. The van der Waals surface area contributed by atoms with Gasteiger partial charge in [0.1, 0.15) is 0 Å². The lowest BCUT2D eigenvalue weighted by atomic mass is 10.2. The third kappa shape index (κ3) is 3.07. The van der Waals surface area contributed by atoms with Crippen LogP contribution >= 0.6 is 0 Å². The van der Waals surface area contributed by atoms with Crippen molar-refractivity contribution in [3.8, 4) is 11.5 Å². The zero-order valence-corrected chi connectivity index (χ0v) is 14.3. The number of nitrogens with zero attached hydrogens (tertiary/aromatic N) is 3. The number of benzene rings is 1. The largest absolute Gasteiger partial charge is 0.493 e. The van der Waals surface area contributed by atoms with Crippen molar-refractivity contribution in [1.29, 1.82) is 0 Å². The first kappa shape index (κ1) is 16.0. The van der Waals surface area contributed by atoms with Crippen LogP contribution in [0.2, 0.25) is 0 Å². The summed E-state index contributed by atoms with van der Waals surface area (Å²) in [5.41, 5.74) is 1.20. The van der Waals surface area contributed by atoms with E-state index < -0.39 is 0 Å². The van der Waals surface area contributed by atoms with Crippen LogP contribution in [0, 0.1) is 0 Å². The fourth-order valence-corrected chi connectivity index (χ4v) is 3.46. The van der Waals surface area contributed by atoms with Crippen LogP contribution in [-0.2, 0) is 0 Å². The molecular weight excluding hydrogens is 320 g/mol. The highest BCUT2D eigenvalue weighted by Crippen LogP contribution is 2.32. The van der Waals surface area contributed by atoms with Crippen LogP contribution in [0.25, 0.3) is 16.4 Å². The second-order valence-electron chi connectivity index (χ2n) is 6.36. The minimum absolute atomic E-state index is 0.266. The molecule has 0 radical (unpaired) electrons. The van der Waals surface area contributed by atoms with Gasteiger partial charge in [-0.1, -0.05) is 0 Å². The zero-order valence-electron chi connectivity index (χ0n) is 14.3. The van der Waals surface area contributed by atoms with Gasteiger partial charge < -0.3 is 19.4 Å². The molecule has 3 heterocycles. The molecule has 0 amide bonds. The first-order chi connectivity index (χ1) is 12.3. The summed E-state index contributed by atoms with van der Waals surface area (Å²) in [4.78, 5) is 17.4. The van der Waals surface area contributed by atoms with Crippen molar-refractivity contribution in [3.05, 3.63) is 34.9 Å². The quantitative estimate of drug-likeness (QED) is 0.694. The van der Waals surface area contributed by atoms with Crippen LogP contribution in [0.3, 0.4) is 0 Å². The summed E-state index contributed by atoms with van der Waals surface area (Å²) in [7, 11) is 1.62. The Kier molecular flexibility index (Phi) is 4.31. The zero-order chi connectivity index (χ0) is 17.2. The lowest BCUT2D eigenvalue weighted by molar-refractivity contribution is 0.254. The molecule has 2 aromatic heterocycles. The van der Waals surface area contributed by atoms with Gasteiger partial charge in [0.25, 0.3) is 0 Å². The molecule has 7 heteroatoms.